The molecule has 25 heavy (non-hydrogen) atoms. The van der Waals surface area contributed by atoms with Crippen LogP contribution in [0.4, 0.5) is 11.4 Å². The van der Waals surface area contributed by atoms with Crippen molar-refractivity contribution in [1.82, 2.24) is 0 Å². The fraction of sp³-hybridized carbons (Fsp3) is 0.133. The van der Waals surface area contributed by atoms with E-state index in [4.69, 9.17) is 16.9 Å². The van der Waals surface area contributed by atoms with Gasteiger partial charge in [0.2, 0.25) is 0 Å². The Hall–Kier alpha value is -2.15. The number of rotatable bonds is 6. The Labute approximate surface area is 157 Å². The van der Waals surface area contributed by atoms with E-state index in [1.54, 1.807) is 24.3 Å². The zero-order valence-electron chi connectivity index (χ0n) is 12.6. The standard InChI is InChI=1S/C15H11BrClN3O4S/c16-11-2-4-12(5-3-11)19(9-1-8-18)25(23,24)13-6-7-14(17)15(10-13)20(21)22/h2-7,10H,1,9H2. The lowest BCUT2D eigenvalue weighted by Gasteiger charge is -2.23. The molecule has 7 nitrogen and oxygen atoms in total. The van der Waals surface area contributed by atoms with Crippen LogP contribution in [-0.2, 0) is 10.0 Å². The Kier molecular flexibility index (Phi) is 6.00. The quantitative estimate of drug-likeness (QED) is 0.492. The number of hydrogen-bond donors (Lipinski definition) is 0. The third-order valence-corrected chi connectivity index (χ3v) is 5.92. The zero-order valence-corrected chi connectivity index (χ0v) is 15.8. The number of halogens is 2. The fourth-order valence-corrected chi connectivity index (χ4v) is 4.00. The summed E-state index contributed by atoms with van der Waals surface area (Å²) in [6.07, 6.45) is -0.0367. The maximum atomic E-state index is 12.9. The molecule has 0 aliphatic carbocycles. The molecule has 0 radical (unpaired) electrons. The number of nitro benzene ring substituents is 1. The van der Waals surface area contributed by atoms with E-state index in [1.165, 1.54) is 6.07 Å². The highest BCUT2D eigenvalue weighted by molar-refractivity contribution is 9.10. The lowest BCUT2D eigenvalue weighted by molar-refractivity contribution is -0.384. The van der Waals surface area contributed by atoms with Crippen LogP contribution in [0.1, 0.15) is 6.42 Å². The Morgan fingerprint density at radius 3 is 2.44 bits per heavy atom. The molecule has 0 saturated carbocycles. The SMILES string of the molecule is N#CCCN(c1ccc(Br)cc1)S(=O)(=O)c1ccc(Cl)c([N+](=O)[O-])c1. The molecule has 2 aromatic carbocycles. The van der Waals surface area contributed by atoms with Crippen LogP contribution in [0.3, 0.4) is 0 Å². The monoisotopic (exact) mass is 443 g/mol. The minimum atomic E-state index is -4.11. The van der Waals surface area contributed by atoms with E-state index in [9.17, 15) is 18.5 Å². The summed E-state index contributed by atoms with van der Waals surface area (Å²) in [6.45, 7) is -0.0864. The van der Waals surface area contributed by atoms with Crippen molar-refractivity contribution >= 4 is 48.9 Å². The first-order chi connectivity index (χ1) is 11.8. The Bertz CT molecular complexity index is 942. The van der Waals surface area contributed by atoms with E-state index >= 15 is 0 Å². The van der Waals surface area contributed by atoms with Gasteiger partial charge < -0.3 is 0 Å². The van der Waals surface area contributed by atoms with Crippen LogP contribution in [0.15, 0.2) is 51.8 Å². The van der Waals surface area contributed by atoms with E-state index in [0.29, 0.717) is 5.69 Å². The third kappa shape index (κ3) is 4.28. The number of hydrogen-bond acceptors (Lipinski definition) is 5. The highest BCUT2D eigenvalue weighted by Crippen LogP contribution is 2.31. The molecule has 0 aromatic heterocycles. The average Bonchev–Trinajstić information content (AvgIpc) is 2.56. The minimum Gasteiger partial charge on any atom is -0.265 e. The summed E-state index contributed by atoms with van der Waals surface area (Å²) >= 11 is 9.01. The van der Waals surface area contributed by atoms with Crippen LogP contribution in [-0.4, -0.2) is 19.9 Å². The second-order valence-electron chi connectivity index (χ2n) is 4.83. The fourth-order valence-electron chi connectivity index (χ4n) is 2.07. The topological polar surface area (TPSA) is 104 Å². The number of nitro groups is 1. The van der Waals surface area contributed by atoms with Crippen molar-refractivity contribution in [3.63, 3.8) is 0 Å². The molecule has 0 spiro atoms. The number of nitrogens with zero attached hydrogens (tertiary/aromatic N) is 3. The van der Waals surface area contributed by atoms with Gasteiger partial charge in [0.15, 0.2) is 0 Å². The normalized spacial score (nSPS) is 10.9. The molecule has 0 amide bonds. The van der Waals surface area contributed by atoms with Gasteiger partial charge in [-0.3, -0.25) is 14.4 Å². The summed E-state index contributed by atoms with van der Waals surface area (Å²) in [7, 11) is -4.11. The van der Waals surface area contributed by atoms with Crippen molar-refractivity contribution in [1.29, 1.82) is 5.26 Å². The average molecular weight is 445 g/mol. The van der Waals surface area contributed by atoms with Crippen LogP contribution in [0.25, 0.3) is 0 Å². The predicted molar refractivity (Wildman–Crippen MR) is 97.0 cm³/mol. The smallest absolute Gasteiger partial charge is 0.265 e. The van der Waals surface area contributed by atoms with E-state index in [0.717, 1.165) is 20.9 Å². The molecule has 2 aromatic rings. The molecule has 2 rings (SSSR count). The van der Waals surface area contributed by atoms with Crippen molar-refractivity contribution in [3.8, 4) is 6.07 Å². The van der Waals surface area contributed by atoms with Crippen LogP contribution >= 0.6 is 27.5 Å². The van der Waals surface area contributed by atoms with Crippen LogP contribution in [0.2, 0.25) is 5.02 Å². The predicted octanol–water partition coefficient (Wildman–Crippen LogP) is 4.12. The molecular formula is C15H11BrClN3O4S. The van der Waals surface area contributed by atoms with Gasteiger partial charge in [-0.25, -0.2) is 8.42 Å². The molecule has 0 unspecified atom stereocenters. The molecule has 0 fully saturated rings. The molecule has 0 N–H and O–H groups in total. The Balaban J connectivity index is 2.55. The second kappa shape index (κ2) is 7.82. The molecular weight excluding hydrogens is 434 g/mol. The van der Waals surface area contributed by atoms with Gasteiger partial charge in [-0.1, -0.05) is 27.5 Å². The van der Waals surface area contributed by atoms with Crippen LogP contribution in [0.5, 0.6) is 0 Å². The summed E-state index contributed by atoms with van der Waals surface area (Å²) in [5, 5.41) is 19.7. The first-order valence-electron chi connectivity index (χ1n) is 6.86. The van der Waals surface area contributed by atoms with Gasteiger partial charge in [-0.05, 0) is 36.4 Å². The molecule has 0 aliphatic heterocycles. The number of benzene rings is 2. The van der Waals surface area contributed by atoms with Gasteiger partial charge in [-0.2, -0.15) is 5.26 Å². The molecule has 0 bridgehead atoms. The summed E-state index contributed by atoms with van der Waals surface area (Å²) in [5.41, 5.74) is -0.158. The molecule has 0 aliphatic rings. The van der Waals surface area contributed by atoms with Gasteiger partial charge in [0, 0.05) is 17.1 Å². The third-order valence-electron chi connectivity index (χ3n) is 3.24. The van der Waals surface area contributed by atoms with Crippen molar-refractivity contribution in [2.24, 2.45) is 0 Å². The minimum absolute atomic E-state index is 0.0367. The Morgan fingerprint density at radius 2 is 1.88 bits per heavy atom. The molecule has 10 heteroatoms. The van der Waals surface area contributed by atoms with E-state index < -0.39 is 20.6 Å². The highest BCUT2D eigenvalue weighted by atomic mass is 79.9. The molecule has 0 saturated heterocycles. The second-order valence-corrected chi connectivity index (χ2v) is 8.02. The highest BCUT2D eigenvalue weighted by Gasteiger charge is 2.27. The van der Waals surface area contributed by atoms with E-state index in [-0.39, 0.29) is 22.9 Å². The van der Waals surface area contributed by atoms with Gasteiger partial charge in [0.05, 0.1) is 28.0 Å². The summed E-state index contributed by atoms with van der Waals surface area (Å²) in [6, 6.07) is 11.6. The van der Waals surface area contributed by atoms with E-state index in [1.807, 2.05) is 6.07 Å². The van der Waals surface area contributed by atoms with Crippen LogP contribution in [0, 0.1) is 21.4 Å². The van der Waals surface area contributed by atoms with Gasteiger partial charge >= 0.3 is 0 Å². The molecule has 0 heterocycles. The van der Waals surface area contributed by atoms with Gasteiger partial charge in [0.1, 0.15) is 5.02 Å². The van der Waals surface area contributed by atoms with E-state index in [2.05, 4.69) is 15.9 Å². The zero-order chi connectivity index (χ0) is 18.6. The van der Waals surface area contributed by atoms with Crippen molar-refractivity contribution in [2.75, 3.05) is 10.8 Å². The number of nitriles is 1. The number of anilines is 1. The first-order valence-corrected chi connectivity index (χ1v) is 9.47. The summed E-state index contributed by atoms with van der Waals surface area (Å²) in [5.74, 6) is 0. The summed E-state index contributed by atoms with van der Waals surface area (Å²) < 4.78 is 27.7. The van der Waals surface area contributed by atoms with Crippen LogP contribution < -0.4 is 4.31 Å². The lowest BCUT2D eigenvalue weighted by atomic mass is 10.3. The summed E-state index contributed by atoms with van der Waals surface area (Å²) in [4.78, 5) is 9.99. The van der Waals surface area contributed by atoms with Gasteiger partial charge in [0.25, 0.3) is 15.7 Å². The maximum absolute atomic E-state index is 12.9. The number of sulfonamides is 1. The van der Waals surface area contributed by atoms with Crippen molar-refractivity contribution in [3.05, 3.63) is 62.1 Å². The van der Waals surface area contributed by atoms with Crippen molar-refractivity contribution < 1.29 is 13.3 Å². The molecule has 0 atom stereocenters. The largest absolute Gasteiger partial charge is 0.289 e. The van der Waals surface area contributed by atoms with Gasteiger partial charge in [-0.15, -0.1) is 0 Å². The first kappa shape index (κ1) is 19.2. The maximum Gasteiger partial charge on any atom is 0.289 e. The lowest BCUT2D eigenvalue weighted by Crippen LogP contribution is -2.32. The molecule has 130 valence electrons. The Morgan fingerprint density at radius 1 is 1.24 bits per heavy atom. The van der Waals surface area contributed by atoms with Crippen molar-refractivity contribution in [2.45, 2.75) is 11.3 Å².